The standard InChI is InChI=1S/C12H16BrNO2S/c1-2-17-7-3-6-14-12(16)10-5-4-9(13)8-11(10)15/h4-5,8,15H,2-3,6-7H2,1H3,(H,14,16). The Bertz CT molecular complexity index is 385. The Kier molecular flexibility index (Phi) is 6.44. The summed E-state index contributed by atoms with van der Waals surface area (Å²) in [5.74, 6) is 1.92. The molecule has 0 saturated heterocycles. The van der Waals surface area contributed by atoms with Crippen LogP contribution in [0.2, 0.25) is 0 Å². The van der Waals surface area contributed by atoms with Crippen LogP contribution in [0.5, 0.6) is 5.75 Å². The third-order valence-electron chi connectivity index (χ3n) is 2.16. The van der Waals surface area contributed by atoms with E-state index < -0.39 is 0 Å². The van der Waals surface area contributed by atoms with Gasteiger partial charge in [0.2, 0.25) is 0 Å². The Morgan fingerprint density at radius 1 is 1.53 bits per heavy atom. The number of halogens is 1. The fourth-order valence-corrected chi connectivity index (χ4v) is 2.30. The van der Waals surface area contributed by atoms with Gasteiger partial charge in [-0.3, -0.25) is 4.79 Å². The highest BCUT2D eigenvalue weighted by Gasteiger charge is 2.10. The van der Waals surface area contributed by atoms with Crippen molar-refractivity contribution in [1.82, 2.24) is 5.32 Å². The number of thioether (sulfide) groups is 1. The third kappa shape index (κ3) is 5.00. The first-order valence-electron chi connectivity index (χ1n) is 5.49. The van der Waals surface area contributed by atoms with Crippen molar-refractivity contribution in [3.63, 3.8) is 0 Å². The number of carbonyl (C=O) groups excluding carboxylic acids is 1. The van der Waals surface area contributed by atoms with Crippen molar-refractivity contribution in [3.8, 4) is 5.75 Å². The summed E-state index contributed by atoms with van der Waals surface area (Å²) in [6, 6.07) is 4.86. The predicted molar refractivity (Wildman–Crippen MR) is 75.8 cm³/mol. The maximum absolute atomic E-state index is 11.7. The van der Waals surface area contributed by atoms with Crippen molar-refractivity contribution >= 4 is 33.6 Å². The number of nitrogens with one attached hydrogen (secondary N) is 1. The Labute approximate surface area is 114 Å². The minimum atomic E-state index is -0.225. The molecular weight excluding hydrogens is 302 g/mol. The van der Waals surface area contributed by atoms with Gasteiger partial charge >= 0.3 is 0 Å². The summed E-state index contributed by atoms with van der Waals surface area (Å²) < 4.78 is 0.755. The number of carbonyl (C=O) groups is 1. The van der Waals surface area contributed by atoms with E-state index in [1.807, 2.05) is 11.8 Å². The number of amides is 1. The van der Waals surface area contributed by atoms with Crippen molar-refractivity contribution in [3.05, 3.63) is 28.2 Å². The van der Waals surface area contributed by atoms with E-state index in [1.54, 1.807) is 12.1 Å². The van der Waals surface area contributed by atoms with E-state index in [-0.39, 0.29) is 11.7 Å². The van der Waals surface area contributed by atoms with E-state index in [0.29, 0.717) is 12.1 Å². The van der Waals surface area contributed by atoms with E-state index in [9.17, 15) is 9.90 Å². The van der Waals surface area contributed by atoms with Gasteiger partial charge in [0.25, 0.3) is 5.91 Å². The van der Waals surface area contributed by atoms with Gasteiger partial charge in [0.1, 0.15) is 5.75 Å². The largest absolute Gasteiger partial charge is 0.507 e. The highest BCUT2D eigenvalue weighted by Crippen LogP contribution is 2.21. The van der Waals surface area contributed by atoms with Crippen LogP contribution in [0.4, 0.5) is 0 Å². The van der Waals surface area contributed by atoms with Crippen molar-refractivity contribution in [2.75, 3.05) is 18.1 Å². The van der Waals surface area contributed by atoms with Crippen LogP contribution in [-0.4, -0.2) is 29.1 Å². The molecule has 0 unspecified atom stereocenters. The van der Waals surface area contributed by atoms with Crippen molar-refractivity contribution in [1.29, 1.82) is 0 Å². The maximum atomic E-state index is 11.7. The zero-order valence-electron chi connectivity index (χ0n) is 9.70. The second kappa shape index (κ2) is 7.61. The molecule has 0 bridgehead atoms. The lowest BCUT2D eigenvalue weighted by Crippen LogP contribution is -2.24. The lowest BCUT2D eigenvalue weighted by molar-refractivity contribution is 0.0951. The second-order valence-electron chi connectivity index (χ2n) is 3.47. The molecule has 3 nitrogen and oxygen atoms in total. The Morgan fingerprint density at radius 3 is 2.94 bits per heavy atom. The van der Waals surface area contributed by atoms with E-state index in [2.05, 4.69) is 28.2 Å². The number of phenols is 1. The maximum Gasteiger partial charge on any atom is 0.255 e. The fraction of sp³-hybridized carbons (Fsp3) is 0.417. The summed E-state index contributed by atoms with van der Waals surface area (Å²) in [6.45, 7) is 2.75. The lowest BCUT2D eigenvalue weighted by Gasteiger charge is -2.06. The number of aromatic hydroxyl groups is 1. The fourth-order valence-electron chi connectivity index (χ4n) is 1.31. The average Bonchev–Trinajstić information content (AvgIpc) is 2.28. The van der Waals surface area contributed by atoms with Crippen molar-refractivity contribution in [2.24, 2.45) is 0 Å². The normalized spacial score (nSPS) is 10.2. The molecule has 0 atom stereocenters. The van der Waals surface area contributed by atoms with Crippen LogP contribution in [-0.2, 0) is 0 Å². The molecule has 1 amide bonds. The zero-order chi connectivity index (χ0) is 12.7. The molecule has 1 aromatic rings. The summed E-state index contributed by atoms with van der Waals surface area (Å²) in [6.07, 6.45) is 0.946. The summed E-state index contributed by atoms with van der Waals surface area (Å²) in [7, 11) is 0. The minimum absolute atomic E-state index is 0.000178. The molecular formula is C12H16BrNO2S. The van der Waals surface area contributed by atoms with Crippen LogP contribution in [0.25, 0.3) is 0 Å². The molecule has 0 heterocycles. The lowest BCUT2D eigenvalue weighted by atomic mass is 10.2. The first kappa shape index (κ1) is 14.4. The van der Waals surface area contributed by atoms with Gasteiger partial charge in [-0.1, -0.05) is 22.9 Å². The highest BCUT2D eigenvalue weighted by atomic mass is 79.9. The highest BCUT2D eigenvalue weighted by molar-refractivity contribution is 9.10. The van der Waals surface area contributed by atoms with Gasteiger partial charge in [-0.15, -0.1) is 0 Å². The Hall–Kier alpha value is -0.680. The SMILES string of the molecule is CCSCCCNC(=O)c1ccc(Br)cc1O. The van der Waals surface area contributed by atoms with Gasteiger partial charge in [-0.25, -0.2) is 0 Å². The van der Waals surface area contributed by atoms with E-state index in [1.165, 1.54) is 6.07 Å². The first-order chi connectivity index (χ1) is 8.15. The van der Waals surface area contributed by atoms with Gasteiger partial charge in [0.15, 0.2) is 0 Å². The molecule has 94 valence electrons. The van der Waals surface area contributed by atoms with Crippen molar-refractivity contribution in [2.45, 2.75) is 13.3 Å². The number of benzene rings is 1. The quantitative estimate of drug-likeness (QED) is 0.793. The smallest absolute Gasteiger partial charge is 0.255 e. The topological polar surface area (TPSA) is 49.3 Å². The van der Waals surface area contributed by atoms with E-state index in [0.717, 1.165) is 22.4 Å². The third-order valence-corrected chi connectivity index (χ3v) is 3.64. The molecule has 0 radical (unpaired) electrons. The van der Waals surface area contributed by atoms with Crippen LogP contribution >= 0.6 is 27.7 Å². The number of phenolic OH excluding ortho intramolecular Hbond substituents is 1. The summed E-state index contributed by atoms with van der Waals surface area (Å²) in [5, 5.41) is 12.4. The van der Waals surface area contributed by atoms with Crippen LogP contribution in [0, 0.1) is 0 Å². The molecule has 0 aliphatic rings. The van der Waals surface area contributed by atoms with Crippen molar-refractivity contribution < 1.29 is 9.90 Å². The Balaban J connectivity index is 2.42. The van der Waals surface area contributed by atoms with Gasteiger partial charge in [0, 0.05) is 11.0 Å². The molecule has 0 fully saturated rings. The monoisotopic (exact) mass is 317 g/mol. The number of rotatable bonds is 6. The zero-order valence-corrected chi connectivity index (χ0v) is 12.1. The van der Waals surface area contributed by atoms with E-state index >= 15 is 0 Å². The molecule has 1 rings (SSSR count). The summed E-state index contributed by atoms with van der Waals surface area (Å²) >= 11 is 5.09. The van der Waals surface area contributed by atoms with Gasteiger partial charge in [0.05, 0.1) is 5.56 Å². The summed E-state index contributed by atoms with van der Waals surface area (Å²) in [5.41, 5.74) is 0.316. The first-order valence-corrected chi connectivity index (χ1v) is 7.44. The van der Waals surface area contributed by atoms with E-state index in [4.69, 9.17) is 0 Å². The molecule has 0 aromatic heterocycles. The number of hydrogen-bond donors (Lipinski definition) is 2. The predicted octanol–water partition coefficient (Wildman–Crippen LogP) is 3.03. The minimum Gasteiger partial charge on any atom is -0.507 e. The molecule has 2 N–H and O–H groups in total. The number of hydrogen-bond acceptors (Lipinski definition) is 3. The molecule has 0 saturated carbocycles. The van der Waals surface area contributed by atoms with Crippen LogP contribution in [0.3, 0.4) is 0 Å². The van der Waals surface area contributed by atoms with Crippen LogP contribution in [0.1, 0.15) is 23.7 Å². The average molecular weight is 318 g/mol. The molecule has 0 aliphatic heterocycles. The van der Waals surface area contributed by atoms with Crippen LogP contribution < -0.4 is 5.32 Å². The molecule has 0 aliphatic carbocycles. The molecule has 0 spiro atoms. The molecule has 5 heteroatoms. The van der Waals surface area contributed by atoms with Gasteiger partial charge < -0.3 is 10.4 Å². The Morgan fingerprint density at radius 2 is 2.29 bits per heavy atom. The van der Waals surface area contributed by atoms with Gasteiger partial charge in [-0.05, 0) is 36.1 Å². The molecule has 1 aromatic carbocycles. The molecule has 17 heavy (non-hydrogen) atoms. The second-order valence-corrected chi connectivity index (χ2v) is 5.78. The van der Waals surface area contributed by atoms with Gasteiger partial charge in [-0.2, -0.15) is 11.8 Å². The van der Waals surface area contributed by atoms with Crippen LogP contribution in [0.15, 0.2) is 22.7 Å². The summed E-state index contributed by atoms with van der Waals surface area (Å²) in [4.78, 5) is 11.7.